The molecule has 0 radical (unpaired) electrons. The summed E-state index contributed by atoms with van der Waals surface area (Å²) in [7, 11) is 0. The summed E-state index contributed by atoms with van der Waals surface area (Å²) in [6.45, 7) is 10.7. The number of aliphatic hydroxyl groups is 1. The normalized spacial score (nSPS) is 13.8. The fourth-order valence-corrected chi connectivity index (χ4v) is 6.12. The number of unbranched alkanes of at least 4 members (excludes halogenated alkanes) is 1. The average molecular weight is 700 g/mol. The number of fused-ring (bicyclic) bond motifs is 1. The summed E-state index contributed by atoms with van der Waals surface area (Å²) >= 11 is 12.0. The Morgan fingerprint density at radius 3 is 2.38 bits per heavy atom. The number of hydrogen-bond donors (Lipinski definition) is 1. The summed E-state index contributed by atoms with van der Waals surface area (Å²) in [4.78, 5) is 9.63. The molecule has 2 heterocycles. The molecule has 1 aromatic heterocycles. The molecule has 1 aliphatic heterocycles. The van der Waals surface area contributed by atoms with Gasteiger partial charge in [0.05, 0.1) is 31.9 Å². The summed E-state index contributed by atoms with van der Waals surface area (Å²) in [5.41, 5.74) is 3.97. The Hall–Kier alpha value is -3.05. The van der Waals surface area contributed by atoms with Gasteiger partial charge in [0.25, 0.3) is 0 Å². The number of halogens is 2. The zero-order chi connectivity index (χ0) is 33.6. The van der Waals surface area contributed by atoms with Crippen molar-refractivity contribution in [1.82, 2.24) is 19.4 Å². The van der Waals surface area contributed by atoms with Gasteiger partial charge in [0.2, 0.25) is 0 Å². The first-order chi connectivity index (χ1) is 23.6. The maximum atomic E-state index is 9.48. The molecule has 1 N–H and O–H groups in total. The maximum absolute atomic E-state index is 9.48. The molecule has 0 saturated carbocycles. The summed E-state index contributed by atoms with van der Waals surface area (Å²) in [6, 6.07) is 20.1. The molecular weight excluding hydrogens is 651 g/mol. The van der Waals surface area contributed by atoms with Gasteiger partial charge in [0.1, 0.15) is 36.1 Å². The number of nitrogens with zero attached hydrogens (tertiary/aromatic N) is 4. The lowest BCUT2D eigenvalue weighted by atomic mass is 10.1. The lowest BCUT2D eigenvalue weighted by Gasteiger charge is -2.26. The summed E-state index contributed by atoms with van der Waals surface area (Å²) in [6.07, 6.45) is 2.87. The molecule has 1 saturated heterocycles. The summed E-state index contributed by atoms with van der Waals surface area (Å²) in [5.74, 6) is 3.63. The van der Waals surface area contributed by atoms with Crippen LogP contribution in [0, 0.1) is 0 Å². The van der Waals surface area contributed by atoms with Crippen LogP contribution in [0.1, 0.15) is 25.3 Å². The predicted molar refractivity (Wildman–Crippen MR) is 193 cm³/mol. The van der Waals surface area contributed by atoms with Gasteiger partial charge in [-0.05, 0) is 48.4 Å². The second kappa shape index (κ2) is 19.2. The van der Waals surface area contributed by atoms with Gasteiger partial charge in [-0.2, -0.15) is 0 Å². The van der Waals surface area contributed by atoms with Crippen LogP contribution in [-0.2, 0) is 17.7 Å². The number of hydrogen-bond acceptors (Lipinski definition) is 8. The van der Waals surface area contributed by atoms with Crippen LogP contribution in [0.15, 0.2) is 60.7 Å². The Morgan fingerprint density at radius 2 is 1.65 bits per heavy atom. The van der Waals surface area contributed by atoms with Crippen molar-refractivity contribution in [3.05, 3.63) is 71.2 Å². The highest BCUT2D eigenvalue weighted by atomic mass is 35.5. The minimum atomic E-state index is 0.0744. The minimum absolute atomic E-state index is 0.0744. The first-order valence-electron chi connectivity index (χ1n) is 17.0. The number of rotatable bonds is 20. The molecule has 0 atom stereocenters. The van der Waals surface area contributed by atoms with Gasteiger partial charge < -0.3 is 28.6 Å². The molecule has 1 fully saturated rings. The van der Waals surface area contributed by atoms with E-state index in [1.54, 1.807) is 0 Å². The maximum Gasteiger partial charge on any atom is 0.150 e. The first kappa shape index (κ1) is 36.2. The van der Waals surface area contributed by atoms with Gasteiger partial charge in [-0.25, -0.2) is 4.98 Å². The van der Waals surface area contributed by atoms with Gasteiger partial charge in [0, 0.05) is 80.8 Å². The van der Waals surface area contributed by atoms with E-state index >= 15 is 0 Å². The van der Waals surface area contributed by atoms with Crippen molar-refractivity contribution in [2.45, 2.75) is 32.7 Å². The molecule has 0 aliphatic carbocycles. The van der Waals surface area contributed by atoms with Crippen molar-refractivity contribution in [2.75, 3.05) is 84.8 Å². The molecule has 9 nitrogen and oxygen atoms in total. The highest BCUT2D eigenvalue weighted by molar-refractivity contribution is 6.30. The number of morpholine rings is 1. The number of aliphatic hydroxyl groups excluding tert-OH is 1. The van der Waals surface area contributed by atoms with Crippen molar-refractivity contribution >= 4 is 34.2 Å². The molecule has 4 aromatic rings. The minimum Gasteiger partial charge on any atom is -0.493 e. The Kier molecular flexibility index (Phi) is 14.5. The average Bonchev–Trinajstić information content (AvgIpc) is 3.47. The summed E-state index contributed by atoms with van der Waals surface area (Å²) < 4.78 is 26.6. The SMILES string of the molecule is CCCCn1c(-c2ccc(OCCc3ccc(Cl)cc3)cc2)nc2c(OCCN(CCO)CCCl)cc(OCCN3CCOCC3)cc21. The monoisotopic (exact) mass is 698 g/mol. The van der Waals surface area contributed by atoms with E-state index in [4.69, 9.17) is 47.1 Å². The fourth-order valence-electron chi connectivity index (χ4n) is 5.76. The van der Waals surface area contributed by atoms with Gasteiger partial charge in [-0.3, -0.25) is 9.80 Å². The zero-order valence-corrected chi connectivity index (χ0v) is 29.4. The van der Waals surface area contributed by atoms with Crippen molar-refractivity contribution < 1.29 is 24.1 Å². The third-order valence-electron chi connectivity index (χ3n) is 8.48. The molecule has 0 unspecified atom stereocenters. The Bertz CT molecular complexity index is 1520. The quantitative estimate of drug-likeness (QED) is 0.106. The second-order valence-electron chi connectivity index (χ2n) is 11.9. The van der Waals surface area contributed by atoms with E-state index < -0.39 is 0 Å². The van der Waals surface area contributed by atoms with Crippen LogP contribution in [0.25, 0.3) is 22.4 Å². The number of aryl methyl sites for hydroxylation is 1. The highest BCUT2D eigenvalue weighted by Gasteiger charge is 2.19. The van der Waals surface area contributed by atoms with Crippen LogP contribution >= 0.6 is 23.2 Å². The van der Waals surface area contributed by atoms with Gasteiger partial charge in [-0.15, -0.1) is 11.6 Å². The zero-order valence-electron chi connectivity index (χ0n) is 27.9. The van der Waals surface area contributed by atoms with Crippen LogP contribution in [0.5, 0.6) is 17.2 Å². The van der Waals surface area contributed by atoms with Crippen LogP contribution in [0.3, 0.4) is 0 Å². The Labute approximate surface area is 294 Å². The van der Waals surface area contributed by atoms with Gasteiger partial charge >= 0.3 is 0 Å². The fraction of sp³-hybridized carbons (Fsp3) is 0.486. The molecule has 0 bridgehead atoms. The Balaban J connectivity index is 1.37. The van der Waals surface area contributed by atoms with E-state index in [2.05, 4.69) is 39.5 Å². The molecule has 11 heteroatoms. The highest BCUT2D eigenvalue weighted by Crippen LogP contribution is 2.35. The van der Waals surface area contributed by atoms with Gasteiger partial charge in [-0.1, -0.05) is 37.1 Å². The number of alkyl halides is 1. The van der Waals surface area contributed by atoms with E-state index in [9.17, 15) is 5.11 Å². The van der Waals surface area contributed by atoms with Crippen LogP contribution < -0.4 is 14.2 Å². The van der Waals surface area contributed by atoms with Crippen LogP contribution in [-0.4, -0.2) is 109 Å². The van der Waals surface area contributed by atoms with Gasteiger partial charge in [0.15, 0.2) is 5.75 Å². The van der Waals surface area contributed by atoms with Crippen molar-refractivity contribution in [3.63, 3.8) is 0 Å². The molecular formula is C37H48Cl2N4O5. The van der Waals surface area contributed by atoms with Crippen molar-refractivity contribution in [3.8, 4) is 28.6 Å². The van der Waals surface area contributed by atoms with Crippen LogP contribution in [0.4, 0.5) is 0 Å². The van der Waals surface area contributed by atoms with E-state index in [0.717, 1.165) is 97.6 Å². The van der Waals surface area contributed by atoms with E-state index in [1.165, 1.54) is 5.56 Å². The van der Waals surface area contributed by atoms with E-state index in [1.807, 2.05) is 42.5 Å². The molecule has 0 amide bonds. The Morgan fingerprint density at radius 1 is 0.875 bits per heavy atom. The topological polar surface area (TPSA) is 81.5 Å². The first-order valence-corrected chi connectivity index (χ1v) is 18.0. The number of benzene rings is 3. The van der Waals surface area contributed by atoms with Crippen LogP contribution in [0.2, 0.25) is 5.02 Å². The third kappa shape index (κ3) is 10.5. The largest absolute Gasteiger partial charge is 0.493 e. The standard InChI is InChI=1S/C37H48Cl2N4O5/c1-2-3-14-43-34-27-33(47-25-19-42-17-23-45-24-18-42)28-35(48-26-20-41(15-13-38)16-21-44)36(34)40-37(43)30-6-10-32(11-7-30)46-22-12-29-4-8-31(39)9-5-29/h4-11,27-28,44H,2-3,12-26H2,1H3. The van der Waals surface area contributed by atoms with E-state index in [0.29, 0.717) is 51.1 Å². The second-order valence-corrected chi connectivity index (χ2v) is 12.7. The lowest BCUT2D eigenvalue weighted by molar-refractivity contribution is 0.0322. The molecule has 1 aliphatic rings. The summed E-state index contributed by atoms with van der Waals surface area (Å²) in [5, 5.41) is 10.2. The number of aromatic nitrogens is 2. The molecule has 3 aromatic carbocycles. The van der Waals surface area contributed by atoms with Crippen molar-refractivity contribution in [2.24, 2.45) is 0 Å². The van der Waals surface area contributed by atoms with E-state index in [-0.39, 0.29) is 6.61 Å². The lowest BCUT2D eigenvalue weighted by Crippen LogP contribution is -2.38. The number of imidazole rings is 1. The van der Waals surface area contributed by atoms with Crippen molar-refractivity contribution in [1.29, 1.82) is 0 Å². The molecule has 5 rings (SSSR count). The molecule has 260 valence electrons. The molecule has 48 heavy (non-hydrogen) atoms. The number of ether oxygens (including phenoxy) is 4. The third-order valence-corrected chi connectivity index (χ3v) is 8.90. The smallest absolute Gasteiger partial charge is 0.150 e. The predicted octanol–water partition coefficient (Wildman–Crippen LogP) is 6.40. The molecule has 0 spiro atoms.